The van der Waals surface area contributed by atoms with Crippen LogP contribution in [0.15, 0.2) is 36.5 Å². The van der Waals surface area contributed by atoms with Crippen molar-refractivity contribution in [1.82, 2.24) is 4.98 Å². The van der Waals surface area contributed by atoms with Gasteiger partial charge in [0.1, 0.15) is 0 Å². The Bertz CT molecular complexity index is 392. The van der Waals surface area contributed by atoms with E-state index in [1.54, 1.807) is 0 Å². The van der Waals surface area contributed by atoms with Gasteiger partial charge in [0.05, 0.1) is 10.6 Å². The highest BCUT2D eigenvalue weighted by Crippen LogP contribution is 2.26. The highest BCUT2D eigenvalue weighted by Gasteiger charge is 2.02. The number of hydrogen-bond acceptors (Lipinski definition) is 2. The molecule has 2 rings (SSSR count). The lowest BCUT2D eigenvalue weighted by atomic mass is 10.2. The summed E-state index contributed by atoms with van der Waals surface area (Å²) >= 11 is 1.81. The number of aromatic nitrogens is 1. The number of aryl methyl sites for hydroxylation is 1. The van der Waals surface area contributed by atoms with Crippen LogP contribution in [-0.2, 0) is 6.42 Å². The maximum absolute atomic E-state index is 4.32. The highest BCUT2D eigenvalue weighted by atomic mass is 32.1. The van der Waals surface area contributed by atoms with Crippen LogP contribution in [0.1, 0.15) is 11.3 Å². The summed E-state index contributed by atoms with van der Waals surface area (Å²) in [6, 6.07) is 10.3. The monoisotopic (exact) mass is 202 g/mol. The second kappa shape index (κ2) is 4.38. The van der Waals surface area contributed by atoms with Gasteiger partial charge < -0.3 is 0 Å². The zero-order valence-electron chi connectivity index (χ0n) is 7.94. The molecule has 0 aromatic carbocycles. The first kappa shape index (κ1) is 9.41. The Balaban J connectivity index is 2.25. The first-order valence-corrected chi connectivity index (χ1v) is 5.51. The van der Waals surface area contributed by atoms with Crippen molar-refractivity contribution in [3.8, 4) is 10.6 Å². The fraction of sp³-hybridized carbons (Fsp3) is 0.167. The molecule has 0 N–H and O–H groups in total. The molecule has 0 aliphatic carbocycles. The van der Waals surface area contributed by atoms with E-state index in [4.69, 9.17) is 0 Å². The van der Waals surface area contributed by atoms with E-state index < -0.39 is 0 Å². The summed E-state index contributed by atoms with van der Waals surface area (Å²) in [5.74, 6) is 0. The molecule has 0 aliphatic rings. The summed E-state index contributed by atoms with van der Waals surface area (Å²) in [5, 5.41) is 0. The molecule has 1 nitrogen and oxygen atoms in total. The summed E-state index contributed by atoms with van der Waals surface area (Å²) in [7, 11) is 0. The van der Waals surface area contributed by atoms with Gasteiger partial charge >= 0.3 is 0 Å². The van der Waals surface area contributed by atoms with Crippen LogP contribution in [-0.4, -0.2) is 4.98 Å². The maximum atomic E-state index is 4.32. The average molecular weight is 202 g/mol. The van der Waals surface area contributed by atoms with E-state index in [9.17, 15) is 0 Å². The molecule has 2 aromatic rings. The third kappa shape index (κ3) is 2.02. The Morgan fingerprint density at radius 1 is 1.21 bits per heavy atom. The van der Waals surface area contributed by atoms with Gasteiger partial charge in [-0.2, -0.15) is 0 Å². The van der Waals surface area contributed by atoms with Crippen LogP contribution >= 0.6 is 11.3 Å². The van der Waals surface area contributed by atoms with Crippen LogP contribution in [0.25, 0.3) is 10.6 Å². The van der Waals surface area contributed by atoms with Crippen LogP contribution in [0.4, 0.5) is 0 Å². The molecule has 71 valence electrons. The van der Waals surface area contributed by atoms with Gasteiger partial charge in [0, 0.05) is 11.1 Å². The van der Waals surface area contributed by atoms with Crippen molar-refractivity contribution in [2.45, 2.75) is 12.8 Å². The molecular weight excluding hydrogens is 190 g/mol. The van der Waals surface area contributed by atoms with Gasteiger partial charge in [0.25, 0.3) is 0 Å². The molecule has 0 fully saturated rings. The highest BCUT2D eigenvalue weighted by molar-refractivity contribution is 7.15. The largest absolute Gasteiger partial charge is 0.255 e. The van der Waals surface area contributed by atoms with Gasteiger partial charge in [0.2, 0.25) is 0 Å². The van der Waals surface area contributed by atoms with E-state index in [1.807, 2.05) is 35.7 Å². The molecule has 14 heavy (non-hydrogen) atoms. The van der Waals surface area contributed by atoms with Crippen molar-refractivity contribution >= 4 is 11.3 Å². The van der Waals surface area contributed by atoms with Crippen molar-refractivity contribution < 1.29 is 0 Å². The van der Waals surface area contributed by atoms with Crippen LogP contribution in [0.3, 0.4) is 0 Å². The second-order valence-electron chi connectivity index (χ2n) is 3.08. The standard InChI is InChI=1S/C12H12NS/c1-2-5-10-7-8-12(14-10)11-6-3-4-9-13-11/h3-4,6-9H,1-2,5H2. The first-order valence-electron chi connectivity index (χ1n) is 4.69. The fourth-order valence-electron chi connectivity index (χ4n) is 1.33. The van der Waals surface area contributed by atoms with Crippen molar-refractivity contribution in [2.75, 3.05) is 0 Å². The predicted octanol–water partition coefficient (Wildman–Crippen LogP) is 3.58. The van der Waals surface area contributed by atoms with E-state index in [0.29, 0.717) is 0 Å². The molecule has 1 radical (unpaired) electrons. The Morgan fingerprint density at radius 3 is 2.86 bits per heavy atom. The summed E-state index contributed by atoms with van der Waals surface area (Å²) in [5.41, 5.74) is 1.06. The van der Waals surface area contributed by atoms with Gasteiger partial charge in [-0.15, -0.1) is 11.3 Å². The molecule has 2 heteroatoms. The molecule has 0 amide bonds. The van der Waals surface area contributed by atoms with E-state index in [0.717, 1.165) is 18.5 Å². The van der Waals surface area contributed by atoms with Crippen LogP contribution in [0, 0.1) is 6.92 Å². The van der Waals surface area contributed by atoms with E-state index in [1.165, 1.54) is 9.75 Å². The number of pyridine rings is 1. The number of hydrogen-bond donors (Lipinski definition) is 0. The molecule has 0 aliphatic heterocycles. The van der Waals surface area contributed by atoms with Crippen molar-refractivity contribution in [3.05, 3.63) is 48.3 Å². The van der Waals surface area contributed by atoms with Crippen molar-refractivity contribution in [1.29, 1.82) is 0 Å². The zero-order chi connectivity index (χ0) is 9.80. The van der Waals surface area contributed by atoms with Gasteiger partial charge in [-0.1, -0.05) is 13.0 Å². The quantitative estimate of drug-likeness (QED) is 0.741. The number of thiophene rings is 1. The van der Waals surface area contributed by atoms with Crippen LogP contribution in [0.2, 0.25) is 0 Å². The molecule has 0 unspecified atom stereocenters. The lowest BCUT2D eigenvalue weighted by Gasteiger charge is -1.93. The Labute approximate surface area is 88.4 Å². The fourth-order valence-corrected chi connectivity index (χ4v) is 2.36. The lowest BCUT2D eigenvalue weighted by Crippen LogP contribution is -1.75. The average Bonchev–Trinajstić information content (AvgIpc) is 2.68. The first-order chi connectivity index (χ1) is 6.90. The summed E-state index contributed by atoms with van der Waals surface area (Å²) in [6.07, 6.45) is 3.86. The molecule has 0 atom stereocenters. The van der Waals surface area contributed by atoms with Gasteiger partial charge in [-0.25, -0.2) is 0 Å². The molecule has 0 bridgehead atoms. The van der Waals surface area contributed by atoms with Crippen LogP contribution in [0.5, 0.6) is 0 Å². The summed E-state index contributed by atoms with van der Waals surface area (Å²) < 4.78 is 0. The summed E-state index contributed by atoms with van der Waals surface area (Å²) in [6.45, 7) is 3.85. The predicted molar refractivity (Wildman–Crippen MR) is 61.2 cm³/mol. The van der Waals surface area contributed by atoms with Gasteiger partial charge in [0.15, 0.2) is 0 Å². The van der Waals surface area contributed by atoms with Gasteiger partial charge in [-0.05, 0) is 37.1 Å². The maximum Gasteiger partial charge on any atom is 0.0801 e. The van der Waals surface area contributed by atoms with Crippen molar-refractivity contribution in [2.24, 2.45) is 0 Å². The Hall–Kier alpha value is -1.15. The van der Waals surface area contributed by atoms with Crippen LogP contribution < -0.4 is 0 Å². The second-order valence-corrected chi connectivity index (χ2v) is 4.25. The SMILES string of the molecule is [CH2]CCc1ccc(-c2ccccn2)s1. The molecule has 0 saturated carbocycles. The third-order valence-electron chi connectivity index (χ3n) is 2.00. The Kier molecular flexibility index (Phi) is 2.94. The molecule has 0 spiro atoms. The van der Waals surface area contributed by atoms with E-state index >= 15 is 0 Å². The normalized spacial score (nSPS) is 10.4. The minimum Gasteiger partial charge on any atom is -0.255 e. The third-order valence-corrected chi connectivity index (χ3v) is 3.17. The zero-order valence-corrected chi connectivity index (χ0v) is 8.76. The number of rotatable bonds is 3. The topological polar surface area (TPSA) is 12.9 Å². The lowest BCUT2D eigenvalue weighted by molar-refractivity contribution is 1.03. The minimum atomic E-state index is 0.960. The van der Waals surface area contributed by atoms with Crippen molar-refractivity contribution in [3.63, 3.8) is 0 Å². The summed E-state index contributed by atoms with van der Waals surface area (Å²) in [4.78, 5) is 6.95. The Morgan fingerprint density at radius 2 is 2.14 bits per heavy atom. The molecular formula is C12H12NS. The number of nitrogens with zero attached hydrogens (tertiary/aromatic N) is 1. The molecule has 2 heterocycles. The minimum absolute atomic E-state index is 0.960. The smallest absolute Gasteiger partial charge is 0.0801 e. The van der Waals surface area contributed by atoms with Gasteiger partial charge in [-0.3, -0.25) is 4.98 Å². The molecule has 2 aromatic heterocycles. The van der Waals surface area contributed by atoms with E-state index in [-0.39, 0.29) is 0 Å². The van der Waals surface area contributed by atoms with E-state index in [2.05, 4.69) is 24.0 Å². The molecule has 0 saturated heterocycles.